The molecule has 1 atom stereocenters. The number of esters is 1. The summed E-state index contributed by atoms with van der Waals surface area (Å²) in [5.41, 5.74) is 0.884. The van der Waals surface area contributed by atoms with Crippen LogP contribution < -0.4 is 10.6 Å². The van der Waals surface area contributed by atoms with Gasteiger partial charge >= 0.3 is 12.0 Å². The third-order valence-corrected chi connectivity index (χ3v) is 5.40. The number of carbonyl (C=O) groups excluding carboxylic acids is 3. The third-order valence-electron chi connectivity index (χ3n) is 4.39. The first-order valence-corrected chi connectivity index (χ1v) is 10.1. The topological polar surface area (TPSA) is 107 Å². The number of hydrogen-bond donors (Lipinski definition) is 2. The van der Waals surface area contributed by atoms with Crippen molar-refractivity contribution in [3.05, 3.63) is 29.3 Å². The summed E-state index contributed by atoms with van der Waals surface area (Å²) in [7, 11) is 0. The lowest BCUT2D eigenvalue weighted by Crippen LogP contribution is -2.47. The van der Waals surface area contributed by atoms with Gasteiger partial charge in [0, 0.05) is 6.04 Å². The second kappa shape index (κ2) is 9.61. The minimum absolute atomic E-state index is 0.0987. The van der Waals surface area contributed by atoms with E-state index in [1.54, 1.807) is 0 Å². The van der Waals surface area contributed by atoms with E-state index in [1.807, 2.05) is 24.3 Å². The summed E-state index contributed by atoms with van der Waals surface area (Å²) in [6.45, 7) is 1.28. The number of nitrogens with one attached hydrogen (secondary N) is 2. The van der Waals surface area contributed by atoms with Crippen LogP contribution >= 0.6 is 11.3 Å². The van der Waals surface area contributed by atoms with E-state index in [0.29, 0.717) is 0 Å². The minimum Gasteiger partial charge on any atom is -0.451 e. The zero-order valence-electron chi connectivity index (χ0n) is 15.6. The molecule has 1 aromatic carbocycles. The number of aromatic nitrogens is 1. The number of ether oxygens (including phenoxy) is 2. The Kier molecular flexibility index (Phi) is 6.94. The molecule has 0 bridgehead atoms. The molecule has 3 rings (SSSR count). The van der Waals surface area contributed by atoms with Crippen molar-refractivity contribution in [3.8, 4) is 0 Å². The highest BCUT2D eigenvalue weighted by molar-refractivity contribution is 7.18. The van der Waals surface area contributed by atoms with E-state index >= 15 is 0 Å². The van der Waals surface area contributed by atoms with Gasteiger partial charge in [-0.2, -0.15) is 0 Å². The largest absolute Gasteiger partial charge is 0.451 e. The fourth-order valence-electron chi connectivity index (χ4n) is 2.99. The third kappa shape index (κ3) is 5.74. The number of nitrogens with zero attached hydrogens (tertiary/aromatic N) is 1. The first-order valence-electron chi connectivity index (χ1n) is 9.24. The van der Waals surface area contributed by atoms with Gasteiger partial charge in [0.2, 0.25) is 0 Å². The van der Waals surface area contributed by atoms with Gasteiger partial charge in [0.25, 0.3) is 5.91 Å². The Morgan fingerprint density at radius 3 is 2.75 bits per heavy atom. The van der Waals surface area contributed by atoms with E-state index in [-0.39, 0.29) is 19.3 Å². The number of thiazole rings is 1. The molecule has 0 radical (unpaired) electrons. The molecular weight excluding hydrogens is 382 g/mol. The number of amides is 3. The van der Waals surface area contributed by atoms with Gasteiger partial charge in [-0.1, -0.05) is 25.0 Å². The predicted molar refractivity (Wildman–Crippen MR) is 104 cm³/mol. The molecular formula is C19H23N3O5S. The molecule has 1 fully saturated rings. The highest BCUT2D eigenvalue weighted by atomic mass is 32.1. The lowest BCUT2D eigenvalue weighted by molar-refractivity contribution is -0.159. The molecule has 8 nitrogen and oxygen atoms in total. The zero-order chi connectivity index (χ0) is 19.9. The maximum Gasteiger partial charge on any atom is 0.332 e. The van der Waals surface area contributed by atoms with Gasteiger partial charge in [-0.3, -0.25) is 10.1 Å². The molecule has 28 heavy (non-hydrogen) atoms. The second-order valence-corrected chi connectivity index (χ2v) is 7.76. The number of para-hydroxylation sites is 1. The summed E-state index contributed by atoms with van der Waals surface area (Å²) in [6.07, 6.45) is 2.89. The van der Waals surface area contributed by atoms with Crippen molar-refractivity contribution in [3.63, 3.8) is 0 Å². The van der Waals surface area contributed by atoms with E-state index in [2.05, 4.69) is 15.6 Å². The lowest BCUT2D eigenvalue weighted by atomic mass is 10.2. The molecule has 2 N–H and O–H groups in total. The predicted octanol–water partition coefficient (Wildman–Crippen LogP) is 2.51. The average molecular weight is 405 g/mol. The van der Waals surface area contributed by atoms with Crippen LogP contribution in [0.3, 0.4) is 0 Å². The fraction of sp³-hybridized carbons (Fsp3) is 0.474. The van der Waals surface area contributed by atoms with Gasteiger partial charge in [0.1, 0.15) is 11.6 Å². The van der Waals surface area contributed by atoms with Crippen LogP contribution in [-0.4, -0.2) is 41.6 Å². The SMILES string of the molecule is C[C@H](OC(=O)COCc1nc2ccccc2s1)C(=O)NC(=O)NC1CCCC1. The molecule has 150 valence electrons. The summed E-state index contributed by atoms with van der Waals surface area (Å²) < 4.78 is 11.4. The Labute approximate surface area is 166 Å². The lowest BCUT2D eigenvalue weighted by Gasteiger charge is -2.15. The van der Waals surface area contributed by atoms with Crippen LogP contribution in [0.25, 0.3) is 10.2 Å². The number of hydrogen-bond acceptors (Lipinski definition) is 7. The van der Waals surface area contributed by atoms with Crippen LogP contribution in [0.5, 0.6) is 0 Å². The smallest absolute Gasteiger partial charge is 0.332 e. The first kappa shape index (κ1) is 20.2. The molecule has 1 aliphatic rings. The molecule has 1 heterocycles. The Morgan fingerprint density at radius 2 is 2.00 bits per heavy atom. The number of imide groups is 1. The van der Waals surface area contributed by atoms with E-state index in [4.69, 9.17) is 9.47 Å². The molecule has 3 amide bonds. The van der Waals surface area contributed by atoms with Crippen molar-refractivity contribution in [2.45, 2.75) is 51.4 Å². The Morgan fingerprint density at radius 1 is 1.25 bits per heavy atom. The van der Waals surface area contributed by atoms with Crippen LogP contribution in [0.15, 0.2) is 24.3 Å². The van der Waals surface area contributed by atoms with Crippen LogP contribution in [-0.2, 0) is 25.7 Å². The van der Waals surface area contributed by atoms with Gasteiger partial charge in [0.15, 0.2) is 6.10 Å². The molecule has 1 aliphatic carbocycles. The second-order valence-electron chi connectivity index (χ2n) is 6.64. The molecule has 0 saturated heterocycles. The quantitative estimate of drug-likeness (QED) is 0.686. The van der Waals surface area contributed by atoms with Gasteiger partial charge in [0.05, 0.1) is 16.8 Å². The van der Waals surface area contributed by atoms with E-state index < -0.39 is 24.0 Å². The minimum atomic E-state index is -1.09. The summed E-state index contributed by atoms with van der Waals surface area (Å²) in [6, 6.07) is 7.25. The zero-order valence-corrected chi connectivity index (χ0v) is 16.4. The Bertz CT molecular complexity index is 814. The van der Waals surface area contributed by atoms with Crippen molar-refractivity contribution >= 4 is 39.5 Å². The summed E-state index contributed by atoms with van der Waals surface area (Å²) in [4.78, 5) is 40.0. The van der Waals surface area contributed by atoms with Crippen LogP contribution in [0.2, 0.25) is 0 Å². The van der Waals surface area contributed by atoms with E-state index in [9.17, 15) is 14.4 Å². The maximum atomic E-state index is 12.0. The molecule has 1 aromatic heterocycles. The molecule has 1 saturated carbocycles. The van der Waals surface area contributed by atoms with E-state index in [0.717, 1.165) is 40.9 Å². The monoisotopic (exact) mass is 405 g/mol. The highest BCUT2D eigenvalue weighted by Crippen LogP contribution is 2.22. The highest BCUT2D eigenvalue weighted by Gasteiger charge is 2.22. The molecule has 2 aromatic rings. The molecule has 9 heteroatoms. The van der Waals surface area contributed by atoms with Crippen LogP contribution in [0, 0.1) is 0 Å². The van der Waals surface area contributed by atoms with Gasteiger partial charge < -0.3 is 14.8 Å². The summed E-state index contributed by atoms with van der Waals surface area (Å²) in [5, 5.41) is 5.69. The number of urea groups is 1. The number of benzene rings is 1. The number of rotatable bonds is 7. The van der Waals surface area contributed by atoms with Crippen molar-refractivity contribution in [1.29, 1.82) is 0 Å². The first-order chi connectivity index (χ1) is 13.5. The van der Waals surface area contributed by atoms with Gasteiger partial charge in [-0.15, -0.1) is 11.3 Å². The summed E-state index contributed by atoms with van der Waals surface area (Å²) >= 11 is 1.49. The maximum absolute atomic E-state index is 12.0. The number of fused-ring (bicyclic) bond motifs is 1. The fourth-order valence-corrected chi connectivity index (χ4v) is 3.90. The molecule has 0 unspecified atom stereocenters. The van der Waals surface area contributed by atoms with Crippen molar-refractivity contribution < 1.29 is 23.9 Å². The Balaban J connectivity index is 1.36. The van der Waals surface area contributed by atoms with Crippen molar-refractivity contribution in [1.82, 2.24) is 15.6 Å². The van der Waals surface area contributed by atoms with Crippen LogP contribution in [0.4, 0.5) is 4.79 Å². The molecule has 0 spiro atoms. The van der Waals surface area contributed by atoms with Gasteiger partial charge in [-0.25, -0.2) is 14.6 Å². The Hall–Kier alpha value is -2.52. The molecule has 0 aliphatic heterocycles. The van der Waals surface area contributed by atoms with Gasteiger partial charge in [-0.05, 0) is 31.9 Å². The number of carbonyl (C=O) groups is 3. The van der Waals surface area contributed by atoms with Crippen molar-refractivity contribution in [2.24, 2.45) is 0 Å². The van der Waals surface area contributed by atoms with Crippen molar-refractivity contribution in [2.75, 3.05) is 6.61 Å². The normalized spacial score (nSPS) is 15.3. The summed E-state index contributed by atoms with van der Waals surface area (Å²) in [5.74, 6) is -1.35. The van der Waals surface area contributed by atoms with Crippen LogP contribution in [0.1, 0.15) is 37.6 Å². The average Bonchev–Trinajstić information content (AvgIpc) is 3.30. The standard InChI is InChI=1S/C19H23N3O5S/c1-12(18(24)22-19(25)20-13-6-2-3-7-13)27-17(23)11-26-10-16-21-14-8-4-5-9-15(14)28-16/h4-5,8-9,12-13H,2-3,6-7,10-11H2,1H3,(H2,20,22,24,25)/t12-/m0/s1. The van der Waals surface area contributed by atoms with E-state index in [1.165, 1.54) is 18.3 Å².